The largest absolute Gasteiger partial charge is 0.356 e. The van der Waals surface area contributed by atoms with E-state index in [9.17, 15) is 4.39 Å². The van der Waals surface area contributed by atoms with Gasteiger partial charge in [-0.25, -0.2) is 9.37 Å². The van der Waals surface area contributed by atoms with Gasteiger partial charge in [-0.1, -0.05) is 17.7 Å². The molecule has 0 saturated carbocycles. The average molecular weight is 339 g/mol. The highest BCUT2D eigenvalue weighted by molar-refractivity contribution is 6.31. The van der Waals surface area contributed by atoms with Gasteiger partial charge in [0.25, 0.3) is 0 Å². The maximum absolute atomic E-state index is 13.0. The molecule has 0 fully saturated rings. The minimum absolute atomic E-state index is 0.328. The zero-order valence-electron chi connectivity index (χ0n) is 13.4. The van der Waals surface area contributed by atoms with Gasteiger partial charge in [-0.15, -0.1) is 0 Å². The highest BCUT2D eigenvalue weighted by atomic mass is 35.5. The molecule has 0 amide bonds. The molecule has 1 aromatic carbocycles. The molecule has 2 aromatic rings. The standard InChI is InChI=1S/C15H20ClFN6/c1-18-15(22(2)9-14-20-10-21-23(14)3)19-7-6-11-4-5-12(17)8-13(11)16/h4-5,8,10H,6-7,9H2,1-3H3,(H,18,19). The summed E-state index contributed by atoms with van der Waals surface area (Å²) in [6.07, 6.45) is 2.20. The van der Waals surface area contributed by atoms with Crippen LogP contribution in [0.2, 0.25) is 5.02 Å². The summed E-state index contributed by atoms with van der Waals surface area (Å²) in [7, 11) is 5.50. The van der Waals surface area contributed by atoms with E-state index in [0.29, 0.717) is 24.5 Å². The van der Waals surface area contributed by atoms with Crippen LogP contribution in [0.1, 0.15) is 11.4 Å². The van der Waals surface area contributed by atoms with E-state index in [1.807, 2.05) is 19.0 Å². The second-order valence-corrected chi connectivity index (χ2v) is 5.52. The molecule has 1 heterocycles. The minimum Gasteiger partial charge on any atom is -0.356 e. The Bertz CT molecular complexity index is 684. The maximum atomic E-state index is 13.0. The van der Waals surface area contributed by atoms with Crippen LogP contribution in [0.4, 0.5) is 4.39 Å². The van der Waals surface area contributed by atoms with Gasteiger partial charge in [-0.2, -0.15) is 5.10 Å². The van der Waals surface area contributed by atoms with E-state index in [0.717, 1.165) is 17.3 Å². The normalized spacial score (nSPS) is 11.6. The molecule has 23 heavy (non-hydrogen) atoms. The molecular formula is C15H20ClFN6. The molecule has 0 aliphatic rings. The Morgan fingerprint density at radius 3 is 2.87 bits per heavy atom. The van der Waals surface area contributed by atoms with E-state index in [4.69, 9.17) is 11.6 Å². The molecular weight excluding hydrogens is 319 g/mol. The number of hydrogen-bond donors (Lipinski definition) is 1. The number of nitrogens with zero attached hydrogens (tertiary/aromatic N) is 5. The lowest BCUT2D eigenvalue weighted by molar-refractivity contribution is 0.449. The number of aryl methyl sites for hydroxylation is 1. The van der Waals surface area contributed by atoms with Crippen LogP contribution in [0.3, 0.4) is 0 Å². The summed E-state index contributed by atoms with van der Waals surface area (Å²) in [6, 6.07) is 4.44. The molecule has 0 spiro atoms. The summed E-state index contributed by atoms with van der Waals surface area (Å²) in [5.74, 6) is 1.26. The first kappa shape index (κ1) is 17.2. The molecule has 2 rings (SSSR count). The fraction of sp³-hybridized carbons (Fsp3) is 0.400. The third-order valence-electron chi connectivity index (χ3n) is 3.45. The van der Waals surface area contributed by atoms with Crippen molar-refractivity contribution in [3.63, 3.8) is 0 Å². The zero-order valence-corrected chi connectivity index (χ0v) is 14.2. The summed E-state index contributed by atoms with van der Waals surface area (Å²) < 4.78 is 14.8. The van der Waals surface area contributed by atoms with Crippen LogP contribution in [0, 0.1) is 5.82 Å². The van der Waals surface area contributed by atoms with E-state index in [2.05, 4.69) is 20.4 Å². The van der Waals surface area contributed by atoms with Crippen LogP contribution >= 0.6 is 11.6 Å². The second kappa shape index (κ2) is 7.92. The monoisotopic (exact) mass is 338 g/mol. The lowest BCUT2D eigenvalue weighted by atomic mass is 10.1. The van der Waals surface area contributed by atoms with Gasteiger partial charge in [-0.3, -0.25) is 9.67 Å². The van der Waals surface area contributed by atoms with Crippen molar-refractivity contribution in [3.05, 3.63) is 46.8 Å². The van der Waals surface area contributed by atoms with E-state index < -0.39 is 0 Å². The van der Waals surface area contributed by atoms with E-state index in [-0.39, 0.29) is 5.82 Å². The van der Waals surface area contributed by atoms with Crippen molar-refractivity contribution in [3.8, 4) is 0 Å². The van der Waals surface area contributed by atoms with Crippen LogP contribution in [0.25, 0.3) is 0 Å². The molecule has 0 aliphatic carbocycles. The lowest BCUT2D eigenvalue weighted by Crippen LogP contribution is -2.39. The summed E-state index contributed by atoms with van der Waals surface area (Å²) in [6.45, 7) is 1.23. The number of halogens is 2. The number of hydrogen-bond acceptors (Lipinski definition) is 3. The fourth-order valence-electron chi connectivity index (χ4n) is 2.17. The minimum atomic E-state index is -0.328. The van der Waals surface area contributed by atoms with Crippen molar-refractivity contribution in [1.29, 1.82) is 0 Å². The molecule has 124 valence electrons. The number of benzene rings is 1. The Morgan fingerprint density at radius 2 is 2.26 bits per heavy atom. The highest BCUT2D eigenvalue weighted by Crippen LogP contribution is 2.17. The van der Waals surface area contributed by atoms with Gasteiger partial charge in [-0.05, 0) is 24.1 Å². The molecule has 0 radical (unpaired) electrons. The molecule has 0 saturated heterocycles. The maximum Gasteiger partial charge on any atom is 0.193 e. The van der Waals surface area contributed by atoms with E-state index in [1.165, 1.54) is 18.5 Å². The van der Waals surface area contributed by atoms with Crippen LogP contribution in [0.15, 0.2) is 29.5 Å². The number of nitrogens with one attached hydrogen (secondary N) is 1. The Labute approximate surface area is 140 Å². The predicted molar refractivity (Wildman–Crippen MR) is 88.9 cm³/mol. The van der Waals surface area contributed by atoms with E-state index in [1.54, 1.807) is 17.8 Å². The van der Waals surface area contributed by atoms with Crippen molar-refractivity contribution in [1.82, 2.24) is 25.0 Å². The van der Waals surface area contributed by atoms with Crippen molar-refractivity contribution in [2.45, 2.75) is 13.0 Å². The summed E-state index contributed by atoms with van der Waals surface area (Å²) >= 11 is 6.03. The third-order valence-corrected chi connectivity index (χ3v) is 3.80. The molecule has 1 N–H and O–H groups in total. The van der Waals surface area contributed by atoms with Gasteiger partial charge >= 0.3 is 0 Å². The first-order valence-corrected chi connectivity index (χ1v) is 7.57. The number of aliphatic imine (C=N–C) groups is 1. The van der Waals surface area contributed by atoms with Crippen molar-refractivity contribution in [2.75, 3.05) is 20.6 Å². The van der Waals surface area contributed by atoms with Gasteiger partial charge in [0.1, 0.15) is 18.0 Å². The van der Waals surface area contributed by atoms with Crippen LogP contribution < -0.4 is 5.32 Å². The predicted octanol–water partition coefficient (Wildman–Crippen LogP) is 1.86. The smallest absolute Gasteiger partial charge is 0.193 e. The summed E-state index contributed by atoms with van der Waals surface area (Å²) in [5, 5.41) is 7.74. The average Bonchev–Trinajstić information content (AvgIpc) is 2.90. The molecule has 0 bridgehead atoms. The molecule has 8 heteroatoms. The van der Waals surface area contributed by atoms with Gasteiger partial charge in [0.15, 0.2) is 5.96 Å². The summed E-state index contributed by atoms with van der Waals surface area (Å²) in [5.41, 5.74) is 0.895. The van der Waals surface area contributed by atoms with Crippen molar-refractivity contribution < 1.29 is 4.39 Å². The second-order valence-electron chi connectivity index (χ2n) is 5.12. The van der Waals surface area contributed by atoms with Crippen LogP contribution in [-0.2, 0) is 20.0 Å². The molecule has 0 atom stereocenters. The van der Waals surface area contributed by atoms with Crippen LogP contribution in [-0.4, -0.2) is 46.3 Å². The highest BCUT2D eigenvalue weighted by Gasteiger charge is 2.10. The van der Waals surface area contributed by atoms with Gasteiger partial charge < -0.3 is 10.2 Å². The number of guanidine groups is 1. The molecule has 0 aliphatic heterocycles. The Morgan fingerprint density at radius 1 is 1.48 bits per heavy atom. The summed E-state index contributed by atoms with van der Waals surface area (Å²) in [4.78, 5) is 10.4. The van der Waals surface area contributed by atoms with Gasteiger partial charge in [0.2, 0.25) is 0 Å². The number of rotatable bonds is 5. The number of aromatic nitrogens is 3. The van der Waals surface area contributed by atoms with Gasteiger partial charge in [0.05, 0.1) is 6.54 Å². The first-order valence-electron chi connectivity index (χ1n) is 7.20. The topological polar surface area (TPSA) is 58.3 Å². The van der Waals surface area contributed by atoms with Crippen molar-refractivity contribution >= 4 is 17.6 Å². The Kier molecular flexibility index (Phi) is 5.92. The quantitative estimate of drug-likeness (QED) is 0.668. The third kappa shape index (κ3) is 4.66. The Hall–Kier alpha value is -2.15. The van der Waals surface area contributed by atoms with E-state index >= 15 is 0 Å². The van der Waals surface area contributed by atoms with Crippen LogP contribution in [0.5, 0.6) is 0 Å². The lowest BCUT2D eigenvalue weighted by Gasteiger charge is -2.21. The molecule has 6 nitrogen and oxygen atoms in total. The Balaban J connectivity index is 1.88. The SMILES string of the molecule is CN=C(NCCc1ccc(F)cc1Cl)N(C)Cc1ncnn1C. The molecule has 1 aromatic heterocycles. The zero-order chi connectivity index (χ0) is 16.8. The fourth-order valence-corrected chi connectivity index (χ4v) is 2.43. The van der Waals surface area contributed by atoms with Gasteiger partial charge in [0, 0.05) is 32.7 Å². The van der Waals surface area contributed by atoms with Crippen molar-refractivity contribution in [2.24, 2.45) is 12.0 Å². The molecule has 0 unspecified atom stereocenters. The first-order chi connectivity index (χ1) is 11.0.